The van der Waals surface area contributed by atoms with Crippen LogP contribution in [-0.4, -0.2) is 49.2 Å². The van der Waals surface area contributed by atoms with E-state index in [-0.39, 0.29) is 6.03 Å². The number of carbonyl (C=O) groups excluding carboxylic acids is 1. The van der Waals surface area contributed by atoms with Gasteiger partial charge in [-0.15, -0.1) is 0 Å². The summed E-state index contributed by atoms with van der Waals surface area (Å²) in [7, 11) is 1.69. The van der Waals surface area contributed by atoms with Gasteiger partial charge in [0.25, 0.3) is 0 Å². The van der Waals surface area contributed by atoms with Gasteiger partial charge in [-0.2, -0.15) is 0 Å². The van der Waals surface area contributed by atoms with Gasteiger partial charge in [-0.05, 0) is 42.3 Å². The summed E-state index contributed by atoms with van der Waals surface area (Å²) in [6.45, 7) is 5.57. The Labute approximate surface area is 148 Å². The number of pyridine rings is 1. The number of piperazine rings is 1. The molecule has 1 fully saturated rings. The molecule has 1 saturated heterocycles. The minimum atomic E-state index is -0.0207. The minimum absolute atomic E-state index is 0.0207. The molecule has 2 aromatic rings. The first-order valence-corrected chi connectivity index (χ1v) is 8.48. The maximum Gasteiger partial charge on any atom is 0.317 e. The lowest BCUT2D eigenvalue weighted by atomic mass is 10.1. The highest BCUT2D eigenvalue weighted by Crippen LogP contribution is 2.29. The fraction of sp³-hybridized carbons (Fsp3) is 0.368. The second-order valence-corrected chi connectivity index (χ2v) is 6.16. The lowest BCUT2D eigenvalue weighted by molar-refractivity contribution is 0.194. The van der Waals surface area contributed by atoms with E-state index in [0.29, 0.717) is 19.6 Å². The lowest BCUT2D eigenvalue weighted by Crippen LogP contribution is -2.51. The van der Waals surface area contributed by atoms with Gasteiger partial charge >= 0.3 is 6.03 Å². The molecule has 0 aliphatic carbocycles. The average molecular weight is 340 g/mol. The molecule has 1 N–H and O–H groups in total. The van der Waals surface area contributed by atoms with Crippen molar-refractivity contribution in [1.82, 2.24) is 15.2 Å². The molecule has 2 amide bonds. The summed E-state index contributed by atoms with van der Waals surface area (Å²) in [6, 6.07) is 9.97. The zero-order valence-corrected chi connectivity index (χ0v) is 14.7. The largest absolute Gasteiger partial charge is 0.495 e. The summed E-state index contributed by atoms with van der Waals surface area (Å²) in [5, 5.41) is 2.97. The summed E-state index contributed by atoms with van der Waals surface area (Å²) in [4.78, 5) is 20.5. The summed E-state index contributed by atoms with van der Waals surface area (Å²) in [5.74, 6) is 0.876. The topological polar surface area (TPSA) is 57.7 Å². The molecular formula is C19H24N4O2. The van der Waals surface area contributed by atoms with E-state index in [1.807, 2.05) is 29.2 Å². The Kier molecular flexibility index (Phi) is 5.38. The Hall–Kier alpha value is -2.76. The van der Waals surface area contributed by atoms with Crippen LogP contribution < -0.4 is 15.0 Å². The van der Waals surface area contributed by atoms with Crippen molar-refractivity contribution >= 4 is 11.7 Å². The third kappa shape index (κ3) is 4.21. The fourth-order valence-corrected chi connectivity index (χ4v) is 2.99. The maximum absolute atomic E-state index is 12.3. The first-order valence-electron chi connectivity index (χ1n) is 8.48. The smallest absolute Gasteiger partial charge is 0.317 e. The van der Waals surface area contributed by atoms with E-state index in [4.69, 9.17) is 4.74 Å². The Morgan fingerprint density at radius 2 is 1.88 bits per heavy atom. The van der Waals surface area contributed by atoms with E-state index in [9.17, 15) is 4.79 Å². The average Bonchev–Trinajstić information content (AvgIpc) is 2.67. The van der Waals surface area contributed by atoms with E-state index in [0.717, 1.165) is 30.1 Å². The minimum Gasteiger partial charge on any atom is -0.495 e. The second-order valence-electron chi connectivity index (χ2n) is 6.16. The van der Waals surface area contributed by atoms with Gasteiger partial charge in [0.05, 0.1) is 12.8 Å². The van der Waals surface area contributed by atoms with Crippen LogP contribution >= 0.6 is 0 Å². The number of hydrogen-bond acceptors (Lipinski definition) is 4. The molecule has 1 aromatic carbocycles. The van der Waals surface area contributed by atoms with E-state index < -0.39 is 0 Å². The van der Waals surface area contributed by atoms with Gasteiger partial charge in [0, 0.05) is 45.1 Å². The van der Waals surface area contributed by atoms with Gasteiger partial charge in [0.15, 0.2) is 0 Å². The van der Waals surface area contributed by atoms with Gasteiger partial charge in [0.2, 0.25) is 0 Å². The van der Waals surface area contributed by atoms with Crippen LogP contribution in [0.4, 0.5) is 10.5 Å². The Bertz CT molecular complexity index is 713. The Morgan fingerprint density at radius 3 is 2.56 bits per heavy atom. The third-order valence-electron chi connectivity index (χ3n) is 4.44. The SMILES string of the molecule is COc1ccc(C)cc1N1CCN(C(=O)NCc2ccncc2)CC1. The summed E-state index contributed by atoms with van der Waals surface area (Å²) in [6.07, 6.45) is 3.46. The molecule has 1 aliphatic rings. The van der Waals surface area contributed by atoms with Crippen LogP contribution in [0, 0.1) is 6.92 Å². The normalized spacial score (nSPS) is 14.3. The number of carbonyl (C=O) groups is 1. The van der Waals surface area contributed by atoms with Gasteiger partial charge in [-0.1, -0.05) is 6.07 Å². The summed E-state index contributed by atoms with van der Waals surface area (Å²) < 4.78 is 5.48. The highest BCUT2D eigenvalue weighted by Gasteiger charge is 2.22. The number of nitrogens with one attached hydrogen (secondary N) is 1. The molecule has 1 aliphatic heterocycles. The molecule has 6 nitrogen and oxygen atoms in total. The zero-order valence-electron chi connectivity index (χ0n) is 14.7. The van der Waals surface area contributed by atoms with Crippen LogP contribution in [-0.2, 0) is 6.54 Å². The van der Waals surface area contributed by atoms with Gasteiger partial charge in [-0.25, -0.2) is 4.79 Å². The molecule has 0 saturated carbocycles. The summed E-state index contributed by atoms with van der Waals surface area (Å²) >= 11 is 0. The number of urea groups is 1. The fourth-order valence-electron chi connectivity index (χ4n) is 2.99. The predicted octanol–water partition coefficient (Wildman–Crippen LogP) is 2.43. The number of aryl methyl sites for hydroxylation is 1. The molecule has 0 bridgehead atoms. The van der Waals surface area contributed by atoms with Crippen molar-refractivity contribution in [3.05, 3.63) is 53.9 Å². The molecule has 0 spiro atoms. The number of rotatable bonds is 4. The summed E-state index contributed by atoms with van der Waals surface area (Å²) in [5.41, 5.74) is 3.35. The standard InChI is InChI=1S/C19H24N4O2/c1-15-3-4-18(25-2)17(13-15)22-9-11-23(12-10-22)19(24)21-14-16-5-7-20-8-6-16/h3-8,13H,9-12,14H2,1-2H3,(H,21,24). The molecule has 6 heteroatoms. The molecule has 1 aromatic heterocycles. The van der Waals surface area contributed by atoms with Crippen molar-refractivity contribution in [2.75, 3.05) is 38.2 Å². The van der Waals surface area contributed by atoms with Gasteiger partial charge < -0.3 is 19.9 Å². The number of methoxy groups -OCH3 is 1. The number of amides is 2. The Morgan fingerprint density at radius 1 is 1.16 bits per heavy atom. The number of hydrogen-bond donors (Lipinski definition) is 1. The molecule has 3 rings (SSSR count). The van der Waals surface area contributed by atoms with E-state index in [2.05, 4.69) is 28.2 Å². The number of benzene rings is 1. The van der Waals surface area contributed by atoms with E-state index in [1.54, 1.807) is 19.5 Å². The first kappa shape index (κ1) is 17.1. The predicted molar refractivity (Wildman–Crippen MR) is 98.0 cm³/mol. The monoisotopic (exact) mass is 340 g/mol. The number of ether oxygens (including phenoxy) is 1. The first-order chi connectivity index (χ1) is 12.2. The Balaban J connectivity index is 1.55. The lowest BCUT2D eigenvalue weighted by Gasteiger charge is -2.36. The molecule has 132 valence electrons. The van der Waals surface area contributed by atoms with Gasteiger partial charge in [-0.3, -0.25) is 4.98 Å². The van der Waals surface area contributed by atoms with Crippen molar-refractivity contribution in [3.8, 4) is 5.75 Å². The highest BCUT2D eigenvalue weighted by atomic mass is 16.5. The van der Waals surface area contributed by atoms with Crippen molar-refractivity contribution in [1.29, 1.82) is 0 Å². The van der Waals surface area contributed by atoms with Crippen molar-refractivity contribution in [2.24, 2.45) is 0 Å². The molecule has 2 heterocycles. The van der Waals surface area contributed by atoms with Crippen molar-refractivity contribution in [2.45, 2.75) is 13.5 Å². The number of anilines is 1. The van der Waals surface area contributed by atoms with E-state index >= 15 is 0 Å². The van der Waals surface area contributed by atoms with Crippen molar-refractivity contribution in [3.63, 3.8) is 0 Å². The zero-order chi connectivity index (χ0) is 17.6. The van der Waals surface area contributed by atoms with E-state index in [1.165, 1.54) is 5.56 Å². The third-order valence-corrected chi connectivity index (χ3v) is 4.44. The second kappa shape index (κ2) is 7.88. The molecule has 0 unspecified atom stereocenters. The molecule has 0 radical (unpaired) electrons. The van der Waals surface area contributed by atoms with Gasteiger partial charge in [0.1, 0.15) is 5.75 Å². The quantitative estimate of drug-likeness (QED) is 0.929. The maximum atomic E-state index is 12.3. The van der Waals surface area contributed by atoms with Crippen LogP contribution in [0.25, 0.3) is 0 Å². The number of nitrogens with zero attached hydrogens (tertiary/aromatic N) is 3. The van der Waals surface area contributed by atoms with Crippen LogP contribution in [0.5, 0.6) is 5.75 Å². The van der Waals surface area contributed by atoms with Crippen LogP contribution in [0.3, 0.4) is 0 Å². The van der Waals surface area contributed by atoms with Crippen LogP contribution in [0.15, 0.2) is 42.7 Å². The highest BCUT2D eigenvalue weighted by molar-refractivity contribution is 5.74. The van der Waals surface area contributed by atoms with Crippen molar-refractivity contribution < 1.29 is 9.53 Å². The van der Waals surface area contributed by atoms with Crippen LogP contribution in [0.1, 0.15) is 11.1 Å². The van der Waals surface area contributed by atoms with Crippen LogP contribution in [0.2, 0.25) is 0 Å². The molecule has 25 heavy (non-hydrogen) atoms. The molecular weight excluding hydrogens is 316 g/mol. The number of aromatic nitrogens is 1. The molecule has 0 atom stereocenters.